The molecule has 1 aliphatic rings. The first kappa shape index (κ1) is 8.80. The van der Waals surface area contributed by atoms with Gasteiger partial charge < -0.3 is 0 Å². The molecule has 2 heterocycles. The maximum Gasteiger partial charge on any atom is 0.0794 e. The molecular weight excluding hydrogens is 206 g/mol. The van der Waals surface area contributed by atoms with Crippen LogP contribution >= 0.6 is 0 Å². The number of aromatic nitrogens is 1. The summed E-state index contributed by atoms with van der Waals surface area (Å²) in [5, 5.41) is 2.12. The van der Waals surface area contributed by atoms with Crippen molar-refractivity contribution in [1.29, 1.82) is 0 Å². The molecule has 0 saturated carbocycles. The lowest BCUT2D eigenvalue weighted by molar-refractivity contribution is 0.685. The van der Waals surface area contributed by atoms with Crippen LogP contribution in [-0.4, -0.2) is 14.9 Å². The van der Waals surface area contributed by atoms with Crippen LogP contribution in [0.15, 0.2) is 41.4 Å². The fraction of sp³-hybridized carbons (Fsp3) is 0.0833. The Morgan fingerprint density at radius 1 is 1.27 bits per heavy atom. The van der Waals surface area contributed by atoms with Crippen molar-refractivity contribution in [1.82, 2.24) is 4.98 Å². The molecule has 3 rings (SSSR count). The molecular formula is C12H9NOS. The standard InChI is InChI=1S/C12H9NOS/c14-15-7-3-6-11-12(15)10-5-2-1-4-9(10)8-13-11/h1-6,8H,7H2. The van der Waals surface area contributed by atoms with Crippen LogP contribution in [0.3, 0.4) is 0 Å². The third kappa shape index (κ3) is 1.31. The van der Waals surface area contributed by atoms with Gasteiger partial charge in [-0.15, -0.1) is 0 Å². The third-order valence-electron chi connectivity index (χ3n) is 2.53. The van der Waals surface area contributed by atoms with Crippen molar-refractivity contribution in [2.24, 2.45) is 0 Å². The molecule has 15 heavy (non-hydrogen) atoms. The van der Waals surface area contributed by atoms with Crippen molar-refractivity contribution < 1.29 is 4.21 Å². The van der Waals surface area contributed by atoms with Gasteiger partial charge in [-0.25, -0.2) is 0 Å². The maximum absolute atomic E-state index is 11.9. The van der Waals surface area contributed by atoms with Crippen LogP contribution in [0.4, 0.5) is 0 Å². The number of fused-ring (bicyclic) bond motifs is 3. The second-order valence-electron chi connectivity index (χ2n) is 3.47. The highest BCUT2D eigenvalue weighted by Gasteiger charge is 2.15. The molecule has 0 saturated heterocycles. The van der Waals surface area contributed by atoms with Gasteiger partial charge in [0.2, 0.25) is 0 Å². The van der Waals surface area contributed by atoms with Gasteiger partial charge in [0, 0.05) is 22.7 Å². The first-order chi connectivity index (χ1) is 7.36. The minimum atomic E-state index is -0.939. The normalized spacial score (nSPS) is 19.1. The summed E-state index contributed by atoms with van der Waals surface area (Å²) in [5.41, 5.74) is 0.846. The summed E-state index contributed by atoms with van der Waals surface area (Å²) in [6.45, 7) is 0. The molecule has 1 aromatic heterocycles. The fourth-order valence-electron chi connectivity index (χ4n) is 1.84. The second-order valence-corrected chi connectivity index (χ2v) is 4.91. The van der Waals surface area contributed by atoms with Crippen molar-refractivity contribution in [3.63, 3.8) is 0 Å². The Labute approximate surface area is 90.1 Å². The van der Waals surface area contributed by atoms with E-state index in [9.17, 15) is 4.21 Å². The number of pyridine rings is 1. The van der Waals surface area contributed by atoms with E-state index in [0.29, 0.717) is 5.75 Å². The third-order valence-corrected chi connectivity index (χ3v) is 3.91. The highest BCUT2D eigenvalue weighted by Crippen LogP contribution is 2.27. The molecule has 0 aliphatic carbocycles. The summed E-state index contributed by atoms with van der Waals surface area (Å²) in [7, 11) is -0.939. The number of hydrogen-bond donors (Lipinski definition) is 0. The molecule has 1 aromatic carbocycles. The van der Waals surface area contributed by atoms with Gasteiger partial charge in [-0.2, -0.15) is 0 Å². The Bertz CT molecular complexity index is 589. The first-order valence-corrected chi connectivity index (χ1v) is 6.11. The summed E-state index contributed by atoms with van der Waals surface area (Å²) in [4.78, 5) is 5.20. The molecule has 0 fully saturated rings. The van der Waals surface area contributed by atoms with Gasteiger partial charge in [-0.3, -0.25) is 9.19 Å². The summed E-state index contributed by atoms with van der Waals surface area (Å²) in [6.07, 6.45) is 5.70. The van der Waals surface area contributed by atoms with E-state index in [1.165, 1.54) is 0 Å². The fourth-order valence-corrected chi connectivity index (χ4v) is 3.06. The van der Waals surface area contributed by atoms with Crippen LogP contribution in [0.1, 0.15) is 5.69 Å². The number of nitrogens with zero attached hydrogens (tertiary/aromatic N) is 1. The molecule has 1 aliphatic heterocycles. The molecule has 0 N–H and O–H groups in total. The molecule has 0 radical (unpaired) electrons. The predicted molar refractivity (Wildman–Crippen MR) is 62.1 cm³/mol. The highest BCUT2D eigenvalue weighted by atomic mass is 32.2. The Hall–Kier alpha value is -1.48. The van der Waals surface area contributed by atoms with Crippen molar-refractivity contribution in [2.45, 2.75) is 4.90 Å². The highest BCUT2D eigenvalue weighted by molar-refractivity contribution is 7.85. The van der Waals surface area contributed by atoms with E-state index in [-0.39, 0.29) is 0 Å². The first-order valence-electron chi connectivity index (χ1n) is 4.79. The lowest BCUT2D eigenvalue weighted by Crippen LogP contribution is -2.05. The average molecular weight is 215 g/mol. The Kier molecular flexibility index (Phi) is 1.92. The molecule has 2 nitrogen and oxygen atoms in total. The number of rotatable bonds is 0. The zero-order valence-corrected chi connectivity index (χ0v) is 8.83. The molecule has 0 amide bonds. The van der Waals surface area contributed by atoms with E-state index in [4.69, 9.17) is 0 Å². The Morgan fingerprint density at radius 3 is 3.07 bits per heavy atom. The number of hydrogen-bond acceptors (Lipinski definition) is 2. The molecule has 3 heteroatoms. The molecule has 1 unspecified atom stereocenters. The van der Waals surface area contributed by atoms with Crippen molar-refractivity contribution >= 4 is 27.6 Å². The summed E-state index contributed by atoms with van der Waals surface area (Å²) in [5.74, 6) is 0.600. The lowest BCUT2D eigenvalue weighted by Gasteiger charge is -2.11. The van der Waals surface area contributed by atoms with E-state index in [1.807, 2.05) is 42.6 Å². The van der Waals surface area contributed by atoms with E-state index in [0.717, 1.165) is 21.4 Å². The SMILES string of the molecule is O=S1CC=Cc2ncc3ccccc3c21. The summed E-state index contributed by atoms with van der Waals surface area (Å²) < 4.78 is 11.9. The minimum Gasteiger partial charge on any atom is -0.255 e. The van der Waals surface area contributed by atoms with Gasteiger partial charge in [0.1, 0.15) is 0 Å². The average Bonchev–Trinajstić information content (AvgIpc) is 2.29. The van der Waals surface area contributed by atoms with Gasteiger partial charge in [0.15, 0.2) is 0 Å². The largest absolute Gasteiger partial charge is 0.255 e. The zero-order valence-electron chi connectivity index (χ0n) is 8.01. The Morgan fingerprint density at radius 2 is 2.13 bits per heavy atom. The van der Waals surface area contributed by atoms with Gasteiger partial charge >= 0.3 is 0 Å². The van der Waals surface area contributed by atoms with E-state index < -0.39 is 10.8 Å². The monoisotopic (exact) mass is 215 g/mol. The van der Waals surface area contributed by atoms with Gasteiger partial charge in [0.25, 0.3) is 0 Å². The topological polar surface area (TPSA) is 30.0 Å². The van der Waals surface area contributed by atoms with E-state index in [1.54, 1.807) is 0 Å². The van der Waals surface area contributed by atoms with Crippen molar-refractivity contribution in [3.8, 4) is 0 Å². The van der Waals surface area contributed by atoms with Crippen LogP contribution in [-0.2, 0) is 10.8 Å². The minimum absolute atomic E-state index is 0.600. The van der Waals surface area contributed by atoms with Crippen LogP contribution in [0, 0.1) is 0 Å². The summed E-state index contributed by atoms with van der Waals surface area (Å²) >= 11 is 0. The molecule has 0 bridgehead atoms. The van der Waals surface area contributed by atoms with Crippen LogP contribution in [0.2, 0.25) is 0 Å². The lowest BCUT2D eigenvalue weighted by atomic mass is 10.1. The van der Waals surface area contributed by atoms with Crippen LogP contribution in [0.25, 0.3) is 16.8 Å². The van der Waals surface area contributed by atoms with Gasteiger partial charge in [-0.1, -0.05) is 30.3 Å². The molecule has 74 valence electrons. The Balaban J connectivity index is 2.47. The van der Waals surface area contributed by atoms with Crippen LogP contribution in [0.5, 0.6) is 0 Å². The molecule has 2 aromatic rings. The maximum atomic E-state index is 11.9. The smallest absolute Gasteiger partial charge is 0.0794 e. The van der Waals surface area contributed by atoms with Gasteiger partial charge in [-0.05, 0) is 6.08 Å². The van der Waals surface area contributed by atoms with Crippen molar-refractivity contribution in [2.75, 3.05) is 5.75 Å². The second kappa shape index (κ2) is 3.28. The molecule has 0 spiro atoms. The van der Waals surface area contributed by atoms with E-state index in [2.05, 4.69) is 4.98 Å². The molecule has 1 atom stereocenters. The quantitative estimate of drug-likeness (QED) is 0.675. The predicted octanol–water partition coefficient (Wildman–Crippen LogP) is 2.37. The zero-order chi connectivity index (χ0) is 10.3. The summed E-state index contributed by atoms with van der Waals surface area (Å²) in [6, 6.07) is 7.95. The van der Waals surface area contributed by atoms with Crippen LogP contribution < -0.4 is 0 Å². The number of benzene rings is 1. The van der Waals surface area contributed by atoms with Gasteiger partial charge in [0.05, 0.1) is 21.4 Å². The van der Waals surface area contributed by atoms with Crippen molar-refractivity contribution in [3.05, 3.63) is 42.2 Å². The van der Waals surface area contributed by atoms with E-state index >= 15 is 0 Å².